The molecule has 0 spiro atoms. The molecule has 0 unspecified atom stereocenters. The molecule has 1 amide bonds. The van der Waals surface area contributed by atoms with Gasteiger partial charge < -0.3 is 14.6 Å². The Bertz CT molecular complexity index is 950. The number of benzene rings is 2. The lowest BCUT2D eigenvalue weighted by Gasteiger charge is -2.12. The van der Waals surface area contributed by atoms with Gasteiger partial charge in [-0.15, -0.1) is 0 Å². The summed E-state index contributed by atoms with van der Waals surface area (Å²) in [5.41, 5.74) is 3.88. The van der Waals surface area contributed by atoms with Gasteiger partial charge in [0, 0.05) is 36.7 Å². The lowest BCUT2D eigenvalue weighted by Crippen LogP contribution is -2.25. The molecule has 0 fully saturated rings. The van der Waals surface area contributed by atoms with Gasteiger partial charge in [0.15, 0.2) is 0 Å². The van der Waals surface area contributed by atoms with Crippen LogP contribution in [0.1, 0.15) is 22.5 Å². The molecule has 4 nitrogen and oxygen atoms in total. The molecule has 3 aromatic rings. The summed E-state index contributed by atoms with van der Waals surface area (Å²) in [4.78, 5) is 12.7. The summed E-state index contributed by atoms with van der Waals surface area (Å²) < 4.78 is 20.4. The molecule has 0 bridgehead atoms. The topological polar surface area (TPSA) is 43.3 Å². The number of halogens is 2. The summed E-state index contributed by atoms with van der Waals surface area (Å²) in [5, 5.41) is 3.56. The highest BCUT2D eigenvalue weighted by molar-refractivity contribution is 6.30. The van der Waals surface area contributed by atoms with Crippen molar-refractivity contribution in [2.75, 3.05) is 20.3 Å². The van der Waals surface area contributed by atoms with E-state index in [0.29, 0.717) is 23.7 Å². The fourth-order valence-corrected chi connectivity index (χ4v) is 3.23. The van der Waals surface area contributed by atoms with Gasteiger partial charge in [-0.05, 0) is 61.4 Å². The molecule has 1 heterocycles. The average molecular weight is 401 g/mol. The highest BCUT2D eigenvalue weighted by Crippen LogP contribution is 2.30. The molecule has 146 valence electrons. The van der Waals surface area contributed by atoms with Gasteiger partial charge in [-0.2, -0.15) is 0 Å². The molecule has 6 heteroatoms. The zero-order chi connectivity index (χ0) is 20.1. The number of carbonyl (C=O) groups is 1. The first kappa shape index (κ1) is 20.1. The van der Waals surface area contributed by atoms with Gasteiger partial charge in [0.05, 0.1) is 11.3 Å². The number of amides is 1. The molecule has 0 saturated carbocycles. The molecular weight excluding hydrogens is 379 g/mol. The van der Waals surface area contributed by atoms with E-state index in [2.05, 4.69) is 5.32 Å². The van der Waals surface area contributed by atoms with Crippen LogP contribution in [0.5, 0.6) is 0 Å². The zero-order valence-electron chi connectivity index (χ0n) is 15.8. The second-order valence-corrected chi connectivity index (χ2v) is 6.89. The minimum atomic E-state index is -0.308. The Kier molecular flexibility index (Phi) is 6.49. The summed E-state index contributed by atoms with van der Waals surface area (Å²) >= 11 is 6.02. The molecular formula is C22H22ClFN2O2. The van der Waals surface area contributed by atoms with Gasteiger partial charge in [0.2, 0.25) is 0 Å². The van der Waals surface area contributed by atoms with Gasteiger partial charge in [0.25, 0.3) is 5.91 Å². The number of nitrogens with one attached hydrogen (secondary N) is 1. The minimum absolute atomic E-state index is 0.148. The lowest BCUT2D eigenvalue weighted by atomic mass is 10.1. The number of rotatable bonds is 7. The number of ether oxygens (including phenoxy) is 1. The van der Waals surface area contributed by atoms with Crippen molar-refractivity contribution < 1.29 is 13.9 Å². The van der Waals surface area contributed by atoms with Crippen LogP contribution in [-0.2, 0) is 4.74 Å². The van der Waals surface area contributed by atoms with E-state index in [1.807, 2.05) is 29.7 Å². The van der Waals surface area contributed by atoms with Gasteiger partial charge >= 0.3 is 0 Å². The Morgan fingerprint density at radius 1 is 1.14 bits per heavy atom. The summed E-state index contributed by atoms with van der Waals surface area (Å²) in [5.74, 6) is -0.456. The van der Waals surface area contributed by atoms with Crippen LogP contribution in [-0.4, -0.2) is 30.7 Å². The van der Waals surface area contributed by atoms with Gasteiger partial charge in [0.1, 0.15) is 5.82 Å². The zero-order valence-corrected chi connectivity index (χ0v) is 16.6. The van der Waals surface area contributed by atoms with E-state index < -0.39 is 0 Å². The van der Waals surface area contributed by atoms with Crippen LogP contribution in [0.4, 0.5) is 4.39 Å². The van der Waals surface area contributed by atoms with Gasteiger partial charge in [-0.1, -0.05) is 23.7 Å². The molecule has 2 aromatic carbocycles. The standard InChI is InChI=1S/C22H22ClFN2O2/c1-15-20(22(27)25-12-3-13-28-2)14-21(16-4-6-17(23)7-5-16)26(15)19-10-8-18(24)9-11-19/h4-11,14H,3,12-13H2,1-2H3,(H,25,27). The predicted octanol–water partition coefficient (Wildman–Crippen LogP) is 5.01. The van der Waals surface area contributed by atoms with Crippen molar-refractivity contribution >= 4 is 17.5 Å². The second-order valence-electron chi connectivity index (χ2n) is 6.45. The quantitative estimate of drug-likeness (QED) is 0.566. The molecule has 1 N–H and O–H groups in total. The van der Waals surface area contributed by atoms with Crippen molar-refractivity contribution in [2.45, 2.75) is 13.3 Å². The Morgan fingerprint density at radius 2 is 1.82 bits per heavy atom. The number of methoxy groups -OCH3 is 1. The van der Waals surface area contributed by atoms with Crippen molar-refractivity contribution in [3.05, 3.63) is 76.7 Å². The molecule has 0 aliphatic rings. The maximum atomic E-state index is 13.4. The number of nitrogens with zero attached hydrogens (tertiary/aromatic N) is 1. The summed E-state index contributed by atoms with van der Waals surface area (Å²) in [7, 11) is 1.63. The maximum absolute atomic E-state index is 13.4. The molecule has 3 rings (SSSR count). The van der Waals surface area contributed by atoms with Crippen molar-refractivity contribution in [2.24, 2.45) is 0 Å². The average Bonchev–Trinajstić information content (AvgIpc) is 3.04. The summed E-state index contributed by atoms with van der Waals surface area (Å²) in [6.07, 6.45) is 0.740. The van der Waals surface area contributed by atoms with Crippen LogP contribution in [0.2, 0.25) is 5.02 Å². The number of carbonyl (C=O) groups excluding carboxylic acids is 1. The van der Waals surface area contributed by atoms with Crippen LogP contribution in [0.15, 0.2) is 54.6 Å². The van der Waals surface area contributed by atoms with Crippen LogP contribution in [0, 0.1) is 12.7 Å². The first-order valence-corrected chi connectivity index (χ1v) is 9.40. The predicted molar refractivity (Wildman–Crippen MR) is 110 cm³/mol. The molecule has 0 aliphatic carbocycles. The van der Waals surface area contributed by atoms with Crippen LogP contribution in [0.25, 0.3) is 16.9 Å². The van der Waals surface area contributed by atoms with Gasteiger partial charge in [-0.3, -0.25) is 4.79 Å². The molecule has 0 radical (unpaired) electrons. The minimum Gasteiger partial charge on any atom is -0.385 e. The molecule has 0 aliphatic heterocycles. The molecule has 0 saturated heterocycles. The molecule has 0 atom stereocenters. The first-order chi connectivity index (χ1) is 13.5. The Hall–Kier alpha value is -2.63. The highest BCUT2D eigenvalue weighted by atomic mass is 35.5. The molecule has 28 heavy (non-hydrogen) atoms. The van der Waals surface area contributed by atoms with E-state index in [1.54, 1.807) is 31.4 Å². The van der Waals surface area contributed by atoms with Crippen molar-refractivity contribution in [1.82, 2.24) is 9.88 Å². The first-order valence-electron chi connectivity index (χ1n) is 9.02. The lowest BCUT2D eigenvalue weighted by molar-refractivity contribution is 0.0948. The van der Waals surface area contributed by atoms with E-state index in [0.717, 1.165) is 29.1 Å². The fraction of sp³-hybridized carbons (Fsp3) is 0.227. The van der Waals surface area contributed by atoms with Crippen LogP contribution < -0.4 is 5.32 Å². The van der Waals surface area contributed by atoms with E-state index in [4.69, 9.17) is 16.3 Å². The highest BCUT2D eigenvalue weighted by Gasteiger charge is 2.19. The fourth-order valence-electron chi connectivity index (χ4n) is 3.11. The van der Waals surface area contributed by atoms with E-state index >= 15 is 0 Å². The van der Waals surface area contributed by atoms with E-state index in [1.165, 1.54) is 12.1 Å². The molecule has 1 aromatic heterocycles. The third-order valence-electron chi connectivity index (χ3n) is 4.53. The maximum Gasteiger partial charge on any atom is 0.253 e. The number of aromatic nitrogens is 1. The number of hydrogen-bond donors (Lipinski definition) is 1. The van der Waals surface area contributed by atoms with Gasteiger partial charge in [-0.25, -0.2) is 4.39 Å². The Labute approximate surface area is 168 Å². The van der Waals surface area contributed by atoms with Crippen LogP contribution in [0.3, 0.4) is 0 Å². The van der Waals surface area contributed by atoms with Crippen molar-refractivity contribution in [3.63, 3.8) is 0 Å². The number of hydrogen-bond acceptors (Lipinski definition) is 2. The third kappa shape index (κ3) is 4.43. The normalized spacial score (nSPS) is 10.9. The van der Waals surface area contributed by atoms with Crippen molar-refractivity contribution in [1.29, 1.82) is 0 Å². The van der Waals surface area contributed by atoms with E-state index in [9.17, 15) is 9.18 Å². The van der Waals surface area contributed by atoms with E-state index in [-0.39, 0.29) is 11.7 Å². The SMILES string of the molecule is COCCCNC(=O)c1cc(-c2ccc(Cl)cc2)n(-c2ccc(F)cc2)c1C. The van der Waals surface area contributed by atoms with Crippen molar-refractivity contribution in [3.8, 4) is 16.9 Å². The Morgan fingerprint density at radius 3 is 2.46 bits per heavy atom. The monoisotopic (exact) mass is 400 g/mol. The summed E-state index contributed by atoms with van der Waals surface area (Å²) in [6, 6.07) is 15.5. The summed E-state index contributed by atoms with van der Waals surface area (Å²) in [6.45, 7) is 3.00. The second kappa shape index (κ2) is 9.04. The Balaban J connectivity index is 2.03. The van der Waals surface area contributed by atoms with Crippen LogP contribution >= 0.6 is 11.6 Å². The smallest absolute Gasteiger partial charge is 0.253 e. The largest absolute Gasteiger partial charge is 0.385 e. The third-order valence-corrected chi connectivity index (χ3v) is 4.78.